The Morgan fingerprint density at radius 1 is 1.17 bits per heavy atom. The number of benzene rings is 1. The van der Waals surface area contributed by atoms with Gasteiger partial charge in [-0.05, 0) is 29.8 Å². The van der Waals surface area contributed by atoms with E-state index in [1.165, 1.54) is 19.2 Å². The van der Waals surface area contributed by atoms with Crippen molar-refractivity contribution in [3.63, 3.8) is 0 Å². The molecule has 0 saturated heterocycles. The zero-order valence-electron chi connectivity index (χ0n) is 12.8. The average Bonchev–Trinajstić information content (AvgIpc) is 3.04. The second-order valence-electron chi connectivity index (χ2n) is 4.93. The van der Waals surface area contributed by atoms with Crippen LogP contribution in [0.5, 0.6) is 5.75 Å². The standard InChI is InChI=1S/C16H16N2O5S/c1-23-10-4-2-9(3-5-10)11(8-14(19)20)18-16(22)13-7-6-12(24-13)15(17)21/h2-7,11H,8H2,1H3,(H2,17,21)(H,18,22)(H,19,20). The molecule has 0 fully saturated rings. The molecule has 4 N–H and O–H groups in total. The number of amides is 2. The summed E-state index contributed by atoms with van der Waals surface area (Å²) in [6.07, 6.45) is -0.272. The normalized spacial score (nSPS) is 11.5. The summed E-state index contributed by atoms with van der Waals surface area (Å²) < 4.78 is 5.06. The topological polar surface area (TPSA) is 119 Å². The van der Waals surface area contributed by atoms with Gasteiger partial charge in [0, 0.05) is 0 Å². The number of hydrogen-bond donors (Lipinski definition) is 3. The summed E-state index contributed by atoms with van der Waals surface area (Å²) in [5.41, 5.74) is 5.80. The van der Waals surface area contributed by atoms with Crippen molar-refractivity contribution in [3.8, 4) is 5.75 Å². The van der Waals surface area contributed by atoms with Gasteiger partial charge in [-0.15, -0.1) is 11.3 Å². The Bertz CT molecular complexity index is 754. The van der Waals surface area contributed by atoms with Gasteiger partial charge in [0.15, 0.2) is 0 Å². The third-order valence-electron chi connectivity index (χ3n) is 3.27. The second-order valence-corrected chi connectivity index (χ2v) is 6.01. The van der Waals surface area contributed by atoms with Crippen LogP contribution in [0, 0.1) is 0 Å². The number of primary amides is 1. The van der Waals surface area contributed by atoms with Crippen molar-refractivity contribution in [1.82, 2.24) is 5.32 Å². The van der Waals surface area contributed by atoms with Crippen LogP contribution >= 0.6 is 11.3 Å². The number of ether oxygens (including phenoxy) is 1. The summed E-state index contributed by atoms with van der Waals surface area (Å²) >= 11 is 0.957. The first-order valence-corrected chi connectivity index (χ1v) is 7.78. The number of thiophene rings is 1. The Morgan fingerprint density at radius 3 is 2.29 bits per heavy atom. The van der Waals surface area contributed by atoms with E-state index < -0.39 is 23.8 Å². The number of carboxylic acid groups (broad SMARTS) is 1. The Morgan fingerprint density at radius 2 is 1.79 bits per heavy atom. The van der Waals surface area contributed by atoms with E-state index in [0.29, 0.717) is 11.3 Å². The van der Waals surface area contributed by atoms with Crippen molar-refractivity contribution in [1.29, 1.82) is 0 Å². The number of hydrogen-bond acceptors (Lipinski definition) is 5. The van der Waals surface area contributed by atoms with Crippen LogP contribution in [-0.2, 0) is 4.79 Å². The third-order valence-corrected chi connectivity index (χ3v) is 4.37. The van der Waals surface area contributed by atoms with Gasteiger partial charge in [-0.2, -0.15) is 0 Å². The van der Waals surface area contributed by atoms with Crippen molar-refractivity contribution in [2.75, 3.05) is 7.11 Å². The minimum absolute atomic E-state index is 0.263. The monoisotopic (exact) mass is 348 g/mol. The molecule has 126 valence electrons. The number of nitrogens with two attached hydrogens (primary N) is 1. The summed E-state index contributed by atoms with van der Waals surface area (Å²) in [6, 6.07) is 8.98. The highest BCUT2D eigenvalue weighted by Gasteiger charge is 2.20. The fourth-order valence-electron chi connectivity index (χ4n) is 2.08. The fourth-order valence-corrected chi connectivity index (χ4v) is 2.85. The number of methoxy groups -OCH3 is 1. The molecular formula is C16H16N2O5S. The molecule has 2 aromatic rings. The van der Waals surface area contributed by atoms with Gasteiger partial charge in [0.25, 0.3) is 11.8 Å². The molecule has 2 amide bonds. The van der Waals surface area contributed by atoms with Gasteiger partial charge >= 0.3 is 5.97 Å². The van der Waals surface area contributed by atoms with Gasteiger partial charge in [-0.1, -0.05) is 12.1 Å². The maximum absolute atomic E-state index is 12.3. The van der Waals surface area contributed by atoms with E-state index in [0.717, 1.165) is 11.3 Å². The molecular weight excluding hydrogens is 332 g/mol. The van der Waals surface area contributed by atoms with E-state index in [1.54, 1.807) is 24.3 Å². The van der Waals surface area contributed by atoms with E-state index in [4.69, 9.17) is 15.6 Å². The molecule has 0 bridgehead atoms. The molecule has 8 heteroatoms. The van der Waals surface area contributed by atoms with Gasteiger partial charge in [0.05, 0.1) is 29.3 Å². The number of rotatable bonds is 7. The Balaban J connectivity index is 2.19. The van der Waals surface area contributed by atoms with Gasteiger partial charge in [-0.3, -0.25) is 14.4 Å². The Kier molecular flexibility index (Phi) is 5.54. The molecule has 1 aromatic carbocycles. The lowest BCUT2D eigenvalue weighted by Gasteiger charge is -2.17. The first kappa shape index (κ1) is 17.5. The van der Waals surface area contributed by atoms with E-state index in [9.17, 15) is 14.4 Å². The van der Waals surface area contributed by atoms with E-state index >= 15 is 0 Å². The number of carbonyl (C=O) groups is 3. The smallest absolute Gasteiger partial charge is 0.305 e. The first-order valence-electron chi connectivity index (χ1n) is 6.97. The SMILES string of the molecule is COc1ccc(C(CC(=O)O)NC(=O)c2ccc(C(N)=O)s2)cc1. The largest absolute Gasteiger partial charge is 0.497 e. The van der Waals surface area contributed by atoms with E-state index in [2.05, 4.69) is 5.32 Å². The van der Waals surface area contributed by atoms with Crippen molar-refractivity contribution < 1.29 is 24.2 Å². The predicted octanol–water partition coefficient (Wildman–Crippen LogP) is 1.80. The zero-order chi connectivity index (χ0) is 17.7. The minimum Gasteiger partial charge on any atom is -0.497 e. The lowest BCUT2D eigenvalue weighted by molar-refractivity contribution is -0.137. The lowest BCUT2D eigenvalue weighted by atomic mass is 10.0. The molecule has 0 aliphatic rings. The summed E-state index contributed by atoms with van der Waals surface area (Å²) in [7, 11) is 1.53. The molecule has 1 unspecified atom stereocenters. The number of nitrogens with one attached hydrogen (secondary N) is 1. The maximum Gasteiger partial charge on any atom is 0.305 e. The summed E-state index contributed by atoms with van der Waals surface area (Å²) in [6.45, 7) is 0. The van der Waals surface area contributed by atoms with Gasteiger partial charge in [0.2, 0.25) is 0 Å². The highest BCUT2D eigenvalue weighted by molar-refractivity contribution is 7.15. The highest BCUT2D eigenvalue weighted by Crippen LogP contribution is 2.22. The molecule has 0 radical (unpaired) electrons. The van der Waals surface area contributed by atoms with Gasteiger partial charge in [-0.25, -0.2) is 0 Å². The summed E-state index contributed by atoms with van der Waals surface area (Å²) in [5, 5.41) is 11.7. The molecule has 2 rings (SSSR count). The van der Waals surface area contributed by atoms with Crippen LogP contribution < -0.4 is 15.8 Å². The number of aliphatic carboxylic acids is 1. The molecule has 0 spiro atoms. The molecule has 0 saturated carbocycles. The van der Waals surface area contributed by atoms with E-state index in [1.807, 2.05) is 0 Å². The van der Waals surface area contributed by atoms with Gasteiger partial charge < -0.3 is 20.9 Å². The number of carboxylic acids is 1. The first-order chi connectivity index (χ1) is 11.4. The molecule has 1 heterocycles. The lowest BCUT2D eigenvalue weighted by Crippen LogP contribution is -2.29. The molecule has 0 aliphatic heterocycles. The van der Waals surface area contributed by atoms with Crippen molar-refractivity contribution >= 4 is 29.1 Å². The van der Waals surface area contributed by atoms with Crippen molar-refractivity contribution in [3.05, 3.63) is 51.7 Å². The van der Waals surface area contributed by atoms with Crippen LogP contribution in [0.2, 0.25) is 0 Å². The quantitative estimate of drug-likeness (QED) is 0.705. The number of carbonyl (C=O) groups excluding carboxylic acids is 2. The Labute approximate surface area is 142 Å². The molecule has 0 aliphatic carbocycles. The zero-order valence-corrected chi connectivity index (χ0v) is 13.6. The molecule has 24 heavy (non-hydrogen) atoms. The highest BCUT2D eigenvalue weighted by atomic mass is 32.1. The van der Waals surface area contributed by atoms with Crippen molar-refractivity contribution in [2.45, 2.75) is 12.5 Å². The Hall–Kier alpha value is -2.87. The van der Waals surface area contributed by atoms with E-state index in [-0.39, 0.29) is 16.2 Å². The van der Waals surface area contributed by atoms with Crippen LogP contribution in [0.1, 0.15) is 37.4 Å². The van der Waals surface area contributed by atoms with Gasteiger partial charge in [0.1, 0.15) is 5.75 Å². The van der Waals surface area contributed by atoms with Crippen molar-refractivity contribution in [2.24, 2.45) is 5.73 Å². The predicted molar refractivity (Wildman–Crippen MR) is 88.3 cm³/mol. The molecule has 1 atom stereocenters. The molecule has 1 aromatic heterocycles. The fraction of sp³-hybridized carbons (Fsp3) is 0.188. The van der Waals surface area contributed by atoms with Crippen LogP contribution in [0.15, 0.2) is 36.4 Å². The minimum atomic E-state index is -1.04. The second kappa shape index (κ2) is 7.60. The summed E-state index contributed by atoms with van der Waals surface area (Å²) in [4.78, 5) is 35.0. The average molecular weight is 348 g/mol. The third kappa shape index (κ3) is 4.32. The van der Waals surface area contributed by atoms with Crippen LogP contribution in [-0.4, -0.2) is 30.0 Å². The maximum atomic E-state index is 12.3. The summed E-state index contributed by atoms with van der Waals surface area (Å²) in [5.74, 6) is -1.49. The molecule has 7 nitrogen and oxygen atoms in total. The van der Waals surface area contributed by atoms with Crippen LogP contribution in [0.25, 0.3) is 0 Å². The van der Waals surface area contributed by atoms with Crippen LogP contribution in [0.3, 0.4) is 0 Å². The van der Waals surface area contributed by atoms with Crippen LogP contribution in [0.4, 0.5) is 0 Å².